The summed E-state index contributed by atoms with van der Waals surface area (Å²) in [7, 11) is 0. The third kappa shape index (κ3) is 13.7. The molecule has 21 nitrogen and oxygen atoms in total. The molecule has 13 N–H and O–H groups in total. The van der Waals surface area contributed by atoms with Crippen molar-refractivity contribution in [3.05, 3.63) is 95.7 Å². The number of hydrogen-bond acceptors (Lipinski definition) is 12. The van der Waals surface area contributed by atoms with Crippen LogP contribution in [-0.4, -0.2) is 139 Å². The SMILES string of the molecule is N[C@@H](Cc1ccc(O)cc1)C(=O)N[C@@H](Cc1ccc(O)cc1)C(=O)NCC(=O)N[C@@H](Cc1c[nH]c2ccccc12)C(=O)N1CCC[C@H]1C(=O)N[C@@H](CO)C(=O)N[C@@H](CCC(=O)O)C(=O)O. The van der Waals surface area contributed by atoms with Crippen molar-refractivity contribution in [2.75, 3.05) is 19.7 Å². The van der Waals surface area contributed by atoms with Crippen LogP contribution in [0, 0.1) is 0 Å². The van der Waals surface area contributed by atoms with E-state index in [2.05, 4.69) is 31.6 Å². The number of aromatic amines is 1. The van der Waals surface area contributed by atoms with Crippen LogP contribution >= 0.6 is 0 Å². The quantitative estimate of drug-likeness (QED) is 0.0447. The summed E-state index contributed by atoms with van der Waals surface area (Å²) in [5, 5.41) is 60.8. The number of carboxylic acid groups (broad SMARTS) is 2. The minimum Gasteiger partial charge on any atom is -0.508 e. The van der Waals surface area contributed by atoms with Gasteiger partial charge in [-0.3, -0.25) is 33.6 Å². The van der Waals surface area contributed by atoms with Gasteiger partial charge in [0.2, 0.25) is 35.4 Å². The highest BCUT2D eigenvalue weighted by molar-refractivity contribution is 5.97. The fourth-order valence-electron chi connectivity index (χ4n) is 7.35. The molecule has 5 rings (SSSR count). The average Bonchev–Trinajstić information content (AvgIpc) is 3.94. The molecule has 65 heavy (non-hydrogen) atoms. The number of phenols is 2. The third-order valence-electron chi connectivity index (χ3n) is 10.8. The number of carbonyl (C=O) groups is 8. The molecule has 0 bridgehead atoms. The van der Waals surface area contributed by atoms with Crippen LogP contribution in [0.5, 0.6) is 11.5 Å². The third-order valence-corrected chi connectivity index (χ3v) is 10.8. The first-order valence-corrected chi connectivity index (χ1v) is 20.7. The van der Waals surface area contributed by atoms with Crippen molar-refractivity contribution in [1.29, 1.82) is 0 Å². The monoisotopic (exact) mass is 900 g/mol. The van der Waals surface area contributed by atoms with Crippen LogP contribution < -0.4 is 32.3 Å². The Morgan fingerprint density at radius 2 is 1.35 bits per heavy atom. The number of benzene rings is 3. The molecular formula is C44H52N8O13. The number of H-pyrrole nitrogens is 1. The van der Waals surface area contributed by atoms with Gasteiger partial charge in [0.25, 0.3) is 0 Å². The van der Waals surface area contributed by atoms with Crippen molar-refractivity contribution in [3.8, 4) is 11.5 Å². The first kappa shape index (κ1) is 48.5. The minimum absolute atomic E-state index is 0.0249. The number of phenolic OH excluding ortho intramolecular Hbond substituents is 2. The summed E-state index contributed by atoms with van der Waals surface area (Å²) in [4.78, 5) is 109. The number of para-hydroxylation sites is 1. The molecule has 346 valence electrons. The molecule has 1 aromatic heterocycles. The van der Waals surface area contributed by atoms with E-state index in [1.807, 2.05) is 18.2 Å². The fraction of sp³-hybridized carbons (Fsp3) is 0.364. The maximum Gasteiger partial charge on any atom is 0.326 e. The number of nitrogens with two attached hydrogens (primary N) is 1. The second-order valence-corrected chi connectivity index (χ2v) is 15.6. The highest BCUT2D eigenvalue weighted by atomic mass is 16.4. The van der Waals surface area contributed by atoms with Crippen molar-refractivity contribution in [2.45, 2.75) is 81.2 Å². The number of carboxylic acids is 2. The number of nitrogens with zero attached hydrogens (tertiary/aromatic N) is 1. The lowest BCUT2D eigenvalue weighted by atomic mass is 10.0. The Kier molecular flexibility index (Phi) is 17.0. The van der Waals surface area contributed by atoms with E-state index < -0.39 is 110 Å². The van der Waals surface area contributed by atoms with Crippen LogP contribution in [0.3, 0.4) is 0 Å². The second-order valence-electron chi connectivity index (χ2n) is 15.6. The van der Waals surface area contributed by atoms with Gasteiger partial charge in [0, 0.05) is 42.9 Å². The van der Waals surface area contributed by atoms with E-state index in [1.54, 1.807) is 36.5 Å². The molecule has 0 aliphatic carbocycles. The average molecular weight is 901 g/mol. The Labute approximate surface area is 371 Å². The van der Waals surface area contributed by atoms with Crippen molar-refractivity contribution < 1.29 is 63.9 Å². The molecule has 0 saturated carbocycles. The van der Waals surface area contributed by atoms with Crippen LogP contribution in [0.1, 0.15) is 42.4 Å². The number of aliphatic hydroxyl groups is 1. The lowest BCUT2D eigenvalue weighted by molar-refractivity contribution is -0.144. The molecule has 1 saturated heterocycles. The maximum atomic E-state index is 14.4. The van der Waals surface area contributed by atoms with Crippen molar-refractivity contribution in [1.82, 2.24) is 36.5 Å². The molecule has 0 unspecified atom stereocenters. The van der Waals surface area contributed by atoms with Gasteiger partial charge in [0.15, 0.2) is 0 Å². The Balaban J connectivity index is 1.29. The fourth-order valence-corrected chi connectivity index (χ4v) is 7.35. The molecule has 0 radical (unpaired) electrons. The number of fused-ring (bicyclic) bond motifs is 1. The van der Waals surface area contributed by atoms with Gasteiger partial charge in [-0.25, -0.2) is 4.79 Å². The van der Waals surface area contributed by atoms with Gasteiger partial charge in [0.05, 0.1) is 19.2 Å². The van der Waals surface area contributed by atoms with Gasteiger partial charge in [-0.15, -0.1) is 0 Å². The number of aliphatic hydroxyl groups excluding tert-OH is 1. The maximum absolute atomic E-state index is 14.4. The standard InChI is InChI=1S/C44H52N8O13/c45-30(18-24-7-11-27(54)12-8-24)39(59)50-33(19-25-9-13-28(55)14-10-25)40(60)47-22-37(56)48-34(20-26-21-46-31-5-2-1-4-29(26)31)43(63)52-17-3-6-36(52)42(62)51-35(23-53)41(61)49-32(44(64)65)15-16-38(57)58/h1-2,4-5,7-14,21,30,32-36,46,53-55H,3,6,15-20,22-23,45H2,(H,47,60)(H,48,56)(H,49,61)(H,50,59)(H,51,62)(H,57,58)(H,64,65)/t30-,32-,33-,34-,35-,36-/m0/s1. The van der Waals surface area contributed by atoms with Crippen LogP contribution in [-0.2, 0) is 57.6 Å². The predicted octanol–water partition coefficient (Wildman–Crippen LogP) is -1.08. The number of aliphatic carboxylic acids is 2. The molecule has 1 aliphatic heterocycles. The zero-order valence-corrected chi connectivity index (χ0v) is 35.1. The van der Waals surface area contributed by atoms with Crippen molar-refractivity contribution >= 4 is 58.3 Å². The smallest absolute Gasteiger partial charge is 0.326 e. The Hall–Kier alpha value is -7.52. The van der Waals surface area contributed by atoms with E-state index in [-0.39, 0.29) is 43.7 Å². The lowest BCUT2D eigenvalue weighted by Gasteiger charge is -2.30. The van der Waals surface area contributed by atoms with Crippen molar-refractivity contribution in [3.63, 3.8) is 0 Å². The highest BCUT2D eigenvalue weighted by Gasteiger charge is 2.39. The normalized spacial score (nSPS) is 15.7. The van der Waals surface area contributed by atoms with Gasteiger partial charge in [-0.2, -0.15) is 0 Å². The molecular weight excluding hydrogens is 849 g/mol. The van der Waals surface area contributed by atoms with Crippen LogP contribution in [0.2, 0.25) is 0 Å². The summed E-state index contributed by atoms with van der Waals surface area (Å²) in [6.45, 7) is -1.55. The molecule has 6 amide bonds. The van der Waals surface area contributed by atoms with Crippen LogP contribution in [0.25, 0.3) is 10.9 Å². The number of aromatic nitrogens is 1. The number of aromatic hydroxyl groups is 2. The van der Waals surface area contributed by atoms with Crippen LogP contribution in [0.15, 0.2) is 79.0 Å². The molecule has 2 heterocycles. The molecule has 1 fully saturated rings. The number of rotatable bonds is 22. The number of hydrogen-bond donors (Lipinski definition) is 12. The summed E-state index contributed by atoms with van der Waals surface area (Å²) in [6.07, 6.45) is 1.05. The Morgan fingerprint density at radius 1 is 0.723 bits per heavy atom. The van der Waals surface area contributed by atoms with E-state index in [4.69, 9.17) is 10.8 Å². The van der Waals surface area contributed by atoms with Gasteiger partial charge >= 0.3 is 11.9 Å². The van der Waals surface area contributed by atoms with E-state index in [9.17, 15) is 58.8 Å². The Bertz CT molecular complexity index is 2350. The molecule has 6 atom stereocenters. The molecule has 0 spiro atoms. The van der Waals surface area contributed by atoms with Gasteiger partial charge in [-0.1, -0.05) is 42.5 Å². The summed E-state index contributed by atoms with van der Waals surface area (Å²) in [5.41, 5.74) is 8.77. The van der Waals surface area contributed by atoms with Crippen LogP contribution in [0.4, 0.5) is 0 Å². The number of carbonyl (C=O) groups excluding carboxylic acids is 6. The zero-order valence-electron chi connectivity index (χ0n) is 35.1. The lowest BCUT2D eigenvalue weighted by Crippen LogP contribution is -2.59. The molecule has 4 aromatic rings. The first-order chi connectivity index (χ1) is 31.0. The molecule has 1 aliphatic rings. The second kappa shape index (κ2) is 22.7. The van der Waals surface area contributed by atoms with E-state index in [0.29, 0.717) is 23.1 Å². The largest absolute Gasteiger partial charge is 0.508 e. The van der Waals surface area contributed by atoms with Gasteiger partial charge in [0.1, 0.15) is 41.7 Å². The van der Waals surface area contributed by atoms with E-state index >= 15 is 0 Å². The number of likely N-dealkylation sites (tertiary alicyclic amines) is 1. The van der Waals surface area contributed by atoms with E-state index in [1.165, 1.54) is 29.2 Å². The summed E-state index contributed by atoms with van der Waals surface area (Å²) in [5.74, 6) is -7.70. The van der Waals surface area contributed by atoms with Crippen molar-refractivity contribution in [2.24, 2.45) is 5.73 Å². The van der Waals surface area contributed by atoms with Gasteiger partial charge < -0.3 is 67.7 Å². The minimum atomic E-state index is -1.66. The summed E-state index contributed by atoms with van der Waals surface area (Å²) < 4.78 is 0. The topological polar surface area (TPSA) is 343 Å². The Morgan fingerprint density at radius 3 is 1.98 bits per heavy atom. The first-order valence-electron chi connectivity index (χ1n) is 20.7. The van der Waals surface area contributed by atoms with E-state index in [0.717, 1.165) is 10.9 Å². The number of nitrogens with one attached hydrogen (secondary N) is 6. The predicted molar refractivity (Wildman–Crippen MR) is 231 cm³/mol. The molecule has 21 heteroatoms. The molecule has 3 aromatic carbocycles. The summed E-state index contributed by atoms with van der Waals surface area (Å²) in [6, 6.07) is 11.1. The van der Waals surface area contributed by atoms with Gasteiger partial charge in [-0.05, 0) is 72.7 Å². The summed E-state index contributed by atoms with van der Waals surface area (Å²) >= 11 is 0. The highest BCUT2D eigenvalue weighted by Crippen LogP contribution is 2.23. The number of amides is 6. The zero-order chi connectivity index (χ0) is 47.2.